The molecule has 8 aromatic carbocycles. The largest absolute Gasteiger partial charge is 0.456 e. The molecule has 0 aliphatic carbocycles. The lowest BCUT2D eigenvalue weighted by Crippen LogP contribution is -2.04. The molecule has 9 aromatic rings. The van der Waals surface area contributed by atoms with Crippen LogP contribution in [-0.2, 0) is 0 Å². The van der Waals surface area contributed by atoms with E-state index >= 15 is 0 Å². The van der Waals surface area contributed by atoms with Crippen LogP contribution in [0.15, 0.2) is 101 Å². The number of rotatable bonds is 2. The molecule has 1 heteroatoms. The van der Waals surface area contributed by atoms with Crippen molar-refractivity contribution in [1.82, 2.24) is 0 Å². The van der Waals surface area contributed by atoms with Gasteiger partial charge in [0.05, 0.1) is 0 Å². The zero-order valence-electron chi connectivity index (χ0n) is 29.6. The van der Waals surface area contributed by atoms with Crippen LogP contribution in [0.25, 0.3) is 87.3 Å². The van der Waals surface area contributed by atoms with E-state index in [-0.39, 0.29) is 0 Å². The Kier molecular flexibility index (Phi) is 6.40. The van der Waals surface area contributed by atoms with Crippen LogP contribution in [0, 0.1) is 55.4 Å². The average molecular weight is 633 g/mol. The van der Waals surface area contributed by atoms with Gasteiger partial charge in [0.25, 0.3) is 0 Å². The summed E-state index contributed by atoms with van der Waals surface area (Å²) < 4.78 is 6.51. The van der Waals surface area contributed by atoms with Gasteiger partial charge in [0.15, 0.2) is 0 Å². The molecule has 9 rings (SSSR count). The van der Waals surface area contributed by atoms with E-state index in [1.54, 1.807) is 0 Å². The smallest absolute Gasteiger partial charge is 0.136 e. The van der Waals surface area contributed by atoms with Crippen molar-refractivity contribution in [3.63, 3.8) is 0 Å². The summed E-state index contributed by atoms with van der Waals surface area (Å²) in [5.74, 6) is 0. The Hall–Kier alpha value is -5.40. The Morgan fingerprint density at radius 2 is 0.776 bits per heavy atom. The van der Waals surface area contributed by atoms with Gasteiger partial charge in [0, 0.05) is 10.8 Å². The number of hydrogen-bond donors (Lipinski definition) is 0. The van der Waals surface area contributed by atoms with Gasteiger partial charge >= 0.3 is 0 Å². The van der Waals surface area contributed by atoms with E-state index in [4.69, 9.17) is 4.42 Å². The molecule has 0 bridgehead atoms. The molecular formula is C48H40O. The van der Waals surface area contributed by atoms with E-state index in [0.29, 0.717) is 0 Å². The van der Waals surface area contributed by atoms with E-state index in [1.807, 2.05) is 0 Å². The average Bonchev–Trinajstić information content (AvgIpc) is 3.52. The number of para-hydroxylation sites is 1. The highest BCUT2D eigenvalue weighted by atomic mass is 16.3. The van der Waals surface area contributed by atoms with E-state index in [2.05, 4.69) is 152 Å². The summed E-state index contributed by atoms with van der Waals surface area (Å²) >= 11 is 0. The fourth-order valence-electron chi connectivity index (χ4n) is 8.91. The van der Waals surface area contributed by atoms with Crippen LogP contribution < -0.4 is 0 Å². The van der Waals surface area contributed by atoms with Crippen LogP contribution in [0.3, 0.4) is 0 Å². The first-order chi connectivity index (χ1) is 23.7. The van der Waals surface area contributed by atoms with Crippen LogP contribution in [-0.4, -0.2) is 0 Å². The predicted molar refractivity (Wildman–Crippen MR) is 213 cm³/mol. The first-order valence-electron chi connectivity index (χ1n) is 17.5. The molecule has 238 valence electrons. The maximum atomic E-state index is 6.51. The summed E-state index contributed by atoms with van der Waals surface area (Å²) in [6.45, 7) is 18.6. The van der Waals surface area contributed by atoms with E-state index < -0.39 is 0 Å². The molecule has 0 atom stereocenters. The van der Waals surface area contributed by atoms with Gasteiger partial charge in [-0.15, -0.1) is 0 Å². The standard InChI is InChI=1S/C48H40O/c1-25-27(3)31(7)44-42(29(25)5)47(37-19-13-18-35-34-16-10-9-15-33(34)23-24-36(35)37)43-30(6)26(2)28(4)32(8)45(43)48(44)39-20-14-22-41-46(39)38-17-11-12-21-40(38)49-41/h9-24H,1-8H3. The first kappa shape index (κ1) is 29.7. The first-order valence-corrected chi connectivity index (χ1v) is 17.5. The summed E-state index contributed by atoms with van der Waals surface area (Å²) in [5.41, 5.74) is 17.9. The molecule has 0 fully saturated rings. The van der Waals surface area contributed by atoms with Gasteiger partial charge in [-0.3, -0.25) is 0 Å². The second-order valence-electron chi connectivity index (χ2n) is 14.2. The monoisotopic (exact) mass is 632 g/mol. The SMILES string of the molecule is Cc1c(C)c(C)c2c(-c3cccc4oc5ccccc5c34)c3c(C)c(C)c(C)c(C)c3c(-c3cccc4c3ccc3ccccc34)c2c1C. The van der Waals surface area contributed by atoms with Crippen molar-refractivity contribution < 1.29 is 4.42 Å². The van der Waals surface area contributed by atoms with Gasteiger partial charge in [0.2, 0.25) is 0 Å². The Labute approximate surface area is 287 Å². The third-order valence-corrected chi connectivity index (χ3v) is 12.1. The zero-order valence-corrected chi connectivity index (χ0v) is 29.6. The van der Waals surface area contributed by atoms with Crippen molar-refractivity contribution >= 4 is 65.0 Å². The van der Waals surface area contributed by atoms with Crippen molar-refractivity contribution in [2.75, 3.05) is 0 Å². The second-order valence-corrected chi connectivity index (χ2v) is 14.2. The molecule has 0 saturated heterocycles. The maximum Gasteiger partial charge on any atom is 0.136 e. The maximum absolute atomic E-state index is 6.51. The number of hydrogen-bond acceptors (Lipinski definition) is 1. The Bertz CT molecular complexity index is 2810. The lowest BCUT2D eigenvalue weighted by Gasteiger charge is -2.27. The third kappa shape index (κ3) is 3.93. The summed E-state index contributed by atoms with van der Waals surface area (Å²) in [7, 11) is 0. The number of furan rings is 1. The van der Waals surface area contributed by atoms with Crippen LogP contribution in [0.2, 0.25) is 0 Å². The Morgan fingerprint density at radius 1 is 0.306 bits per heavy atom. The van der Waals surface area contributed by atoms with Gasteiger partial charge in [-0.2, -0.15) is 0 Å². The molecule has 0 spiro atoms. The van der Waals surface area contributed by atoms with Crippen LogP contribution >= 0.6 is 0 Å². The normalized spacial score (nSPS) is 12.1. The van der Waals surface area contributed by atoms with Gasteiger partial charge < -0.3 is 4.42 Å². The third-order valence-electron chi connectivity index (χ3n) is 12.1. The van der Waals surface area contributed by atoms with Gasteiger partial charge in [0.1, 0.15) is 11.2 Å². The van der Waals surface area contributed by atoms with Crippen LogP contribution in [0.5, 0.6) is 0 Å². The topological polar surface area (TPSA) is 13.1 Å². The lowest BCUT2D eigenvalue weighted by molar-refractivity contribution is 0.669. The minimum Gasteiger partial charge on any atom is -0.456 e. The molecule has 1 nitrogen and oxygen atoms in total. The molecular weight excluding hydrogens is 593 g/mol. The minimum atomic E-state index is 0.929. The molecule has 49 heavy (non-hydrogen) atoms. The molecule has 0 saturated carbocycles. The summed E-state index contributed by atoms with van der Waals surface area (Å²) in [4.78, 5) is 0. The van der Waals surface area contributed by atoms with Crippen LogP contribution in [0.1, 0.15) is 44.5 Å². The van der Waals surface area contributed by atoms with Crippen LogP contribution in [0.4, 0.5) is 0 Å². The van der Waals surface area contributed by atoms with Gasteiger partial charge in [-0.05, 0) is 177 Å². The summed E-state index contributed by atoms with van der Waals surface area (Å²) in [6, 6.07) is 35.5. The van der Waals surface area contributed by atoms with Crippen molar-refractivity contribution in [3.05, 3.63) is 142 Å². The minimum absolute atomic E-state index is 0.929. The highest BCUT2D eigenvalue weighted by Gasteiger charge is 2.28. The lowest BCUT2D eigenvalue weighted by atomic mass is 9.75. The number of fused-ring (bicyclic) bond motifs is 8. The Balaban J connectivity index is 1.62. The Morgan fingerprint density at radius 3 is 1.41 bits per heavy atom. The highest BCUT2D eigenvalue weighted by Crippen LogP contribution is 2.53. The molecule has 1 heterocycles. The number of aryl methyl sites for hydroxylation is 4. The molecule has 0 radical (unpaired) electrons. The highest BCUT2D eigenvalue weighted by molar-refractivity contribution is 6.30. The summed E-state index contributed by atoms with van der Waals surface area (Å²) in [6.07, 6.45) is 0. The van der Waals surface area contributed by atoms with E-state index in [1.165, 1.54) is 115 Å². The van der Waals surface area contributed by atoms with Crippen molar-refractivity contribution in [2.24, 2.45) is 0 Å². The van der Waals surface area contributed by atoms with E-state index in [0.717, 1.165) is 16.6 Å². The van der Waals surface area contributed by atoms with Gasteiger partial charge in [-0.25, -0.2) is 0 Å². The molecule has 0 amide bonds. The molecule has 0 unspecified atom stereocenters. The number of benzene rings is 8. The van der Waals surface area contributed by atoms with Crippen molar-refractivity contribution in [3.8, 4) is 22.3 Å². The van der Waals surface area contributed by atoms with E-state index in [9.17, 15) is 0 Å². The fourth-order valence-corrected chi connectivity index (χ4v) is 8.91. The quantitative estimate of drug-likeness (QED) is 0.136. The van der Waals surface area contributed by atoms with Crippen molar-refractivity contribution in [1.29, 1.82) is 0 Å². The predicted octanol–water partition coefficient (Wildman–Crippen LogP) is 14.0. The molecule has 0 aliphatic rings. The summed E-state index contributed by atoms with van der Waals surface area (Å²) in [5, 5.41) is 12.9. The second kappa shape index (κ2) is 10.5. The zero-order chi connectivity index (χ0) is 33.9. The van der Waals surface area contributed by atoms with Crippen molar-refractivity contribution in [2.45, 2.75) is 55.4 Å². The fraction of sp³-hybridized carbons (Fsp3) is 0.167. The molecule has 0 N–H and O–H groups in total. The van der Waals surface area contributed by atoms with Gasteiger partial charge in [-0.1, -0.05) is 84.9 Å². The molecule has 1 aromatic heterocycles. The molecule has 0 aliphatic heterocycles.